The van der Waals surface area contributed by atoms with E-state index in [1.54, 1.807) is 0 Å². The Hall–Kier alpha value is -0.810. The number of carbonyl (C=O) groups excluding carboxylic acids is 1. The maximum atomic E-state index is 11.1. The first-order valence-electron chi connectivity index (χ1n) is 4.59. The van der Waals surface area contributed by atoms with Gasteiger partial charge in [-0.05, 0) is 19.8 Å². The average molecular weight is 188 g/mol. The molecule has 76 valence electrons. The zero-order chi connectivity index (χ0) is 9.52. The lowest BCUT2D eigenvalue weighted by Crippen LogP contribution is -2.45. The Morgan fingerprint density at radius 3 is 3.15 bits per heavy atom. The number of carbonyl (C=O) groups is 1. The SMILES string of the molecule is CCONC(=O)N[C@H]1CCCOC1. The predicted octanol–water partition coefficient (Wildman–Crippen LogP) is 0.416. The van der Waals surface area contributed by atoms with E-state index in [0.717, 1.165) is 19.4 Å². The van der Waals surface area contributed by atoms with Gasteiger partial charge in [-0.3, -0.25) is 4.84 Å². The molecule has 13 heavy (non-hydrogen) atoms. The molecule has 1 rings (SSSR count). The summed E-state index contributed by atoms with van der Waals surface area (Å²) in [5, 5.41) is 2.75. The van der Waals surface area contributed by atoms with E-state index in [-0.39, 0.29) is 12.1 Å². The molecule has 0 spiro atoms. The van der Waals surface area contributed by atoms with Crippen molar-refractivity contribution in [1.29, 1.82) is 0 Å². The standard InChI is InChI=1S/C8H16N2O3/c1-2-13-10-8(11)9-7-4-3-5-12-6-7/h7H,2-6H2,1H3,(H2,9,10,11)/t7-/m0/s1. The Labute approximate surface area is 77.7 Å². The molecule has 1 heterocycles. The maximum absolute atomic E-state index is 11.1. The van der Waals surface area contributed by atoms with Gasteiger partial charge in [0, 0.05) is 6.61 Å². The second-order valence-electron chi connectivity index (χ2n) is 2.92. The van der Waals surface area contributed by atoms with Crippen molar-refractivity contribution in [2.75, 3.05) is 19.8 Å². The lowest BCUT2D eigenvalue weighted by atomic mass is 10.1. The molecule has 0 aromatic heterocycles. The van der Waals surface area contributed by atoms with Gasteiger partial charge in [-0.1, -0.05) is 0 Å². The third-order valence-corrected chi connectivity index (χ3v) is 1.80. The van der Waals surface area contributed by atoms with E-state index < -0.39 is 0 Å². The number of nitrogens with one attached hydrogen (secondary N) is 2. The van der Waals surface area contributed by atoms with Gasteiger partial charge in [-0.25, -0.2) is 10.3 Å². The summed E-state index contributed by atoms with van der Waals surface area (Å²) in [5.41, 5.74) is 2.27. The van der Waals surface area contributed by atoms with E-state index in [1.165, 1.54) is 0 Å². The van der Waals surface area contributed by atoms with Crippen LogP contribution < -0.4 is 10.8 Å². The molecular weight excluding hydrogens is 172 g/mol. The Bertz CT molecular complexity index is 157. The summed E-state index contributed by atoms with van der Waals surface area (Å²) in [5.74, 6) is 0. The van der Waals surface area contributed by atoms with Crippen LogP contribution in [0.2, 0.25) is 0 Å². The van der Waals surface area contributed by atoms with E-state index in [0.29, 0.717) is 13.2 Å². The number of hydrogen-bond acceptors (Lipinski definition) is 3. The molecule has 0 radical (unpaired) electrons. The second-order valence-corrected chi connectivity index (χ2v) is 2.92. The Morgan fingerprint density at radius 1 is 1.69 bits per heavy atom. The topological polar surface area (TPSA) is 59.6 Å². The molecule has 0 aromatic carbocycles. The minimum Gasteiger partial charge on any atom is -0.379 e. The zero-order valence-electron chi connectivity index (χ0n) is 7.84. The minimum atomic E-state index is -0.294. The summed E-state index contributed by atoms with van der Waals surface area (Å²) < 4.78 is 5.20. The first-order valence-corrected chi connectivity index (χ1v) is 4.59. The van der Waals surface area contributed by atoms with Gasteiger partial charge in [-0.2, -0.15) is 0 Å². The molecule has 0 aromatic rings. The van der Waals surface area contributed by atoms with Gasteiger partial charge in [0.05, 0.1) is 19.3 Å². The van der Waals surface area contributed by atoms with Gasteiger partial charge in [0.15, 0.2) is 0 Å². The third-order valence-electron chi connectivity index (χ3n) is 1.80. The van der Waals surface area contributed by atoms with Crippen molar-refractivity contribution in [3.05, 3.63) is 0 Å². The summed E-state index contributed by atoms with van der Waals surface area (Å²) in [4.78, 5) is 15.8. The molecule has 1 atom stereocenters. The van der Waals surface area contributed by atoms with Gasteiger partial charge in [0.1, 0.15) is 0 Å². The van der Waals surface area contributed by atoms with E-state index in [1.807, 2.05) is 6.92 Å². The molecule has 2 amide bonds. The van der Waals surface area contributed by atoms with Crippen LogP contribution in [0.25, 0.3) is 0 Å². The summed E-state index contributed by atoms with van der Waals surface area (Å²) in [6.07, 6.45) is 1.97. The summed E-state index contributed by atoms with van der Waals surface area (Å²) >= 11 is 0. The number of hydrogen-bond donors (Lipinski definition) is 2. The molecule has 0 aliphatic carbocycles. The summed E-state index contributed by atoms with van der Waals surface area (Å²) in [6.45, 7) is 3.67. The van der Waals surface area contributed by atoms with E-state index in [4.69, 9.17) is 9.57 Å². The first kappa shape index (κ1) is 10.3. The van der Waals surface area contributed by atoms with Gasteiger partial charge in [0.2, 0.25) is 0 Å². The molecule has 1 aliphatic rings. The highest BCUT2D eigenvalue weighted by Gasteiger charge is 2.15. The van der Waals surface area contributed by atoms with E-state index in [2.05, 4.69) is 10.8 Å². The lowest BCUT2D eigenvalue weighted by Gasteiger charge is -2.22. The molecule has 1 fully saturated rings. The van der Waals surface area contributed by atoms with Crippen LogP contribution >= 0.6 is 0 Å². The highest BCUT2D eigenvalue weighted by molar-refractivity contribution is 5.73. The van der Waals surface area contributed by atoms with Gasteiger partial charge < -0.3 is 10.1 Å². The van der Waals surface area contributed by atoms with Crippen LogP contribution in [0.4, 0.5) is 4.79 Å². The summed E-state index contributed by atoms with van der Waals surface area (Å²) in [6, 6.07) is -0.174. The lowest BCUT2D eigenvalue weighted by molar-refractivity contribution is 0.0540. The Kier molecular flexibility index (Phi) is 4.56. The van der Waals surface area contributed by atoms with Crippen LogP contribution in [0.15, 0.2) is 0 Å². The molecule has 0 saturated carbocycles. The number of hydroxylamine groups is 1. The first-order chi connectivity index (χ1) is 6.33. The molecule has 1 aliphatic heterocycles. The fraction of sp³-hybridized carbons (Fsp3) is 0.875. The number of urea groups is 1. The Morgan fingerprint density at radius 2 is 2.54 bits per heavy atom. The van der Waals surface area contributed by atoms with Crippen LogP contribution in [-0.2, 0) is 9.57 Å². The van der Waals surface area contributed by atoms with Crippen molar-refractivity contribution in [2.24, 2.45) is 0 Å². The molecule has 1 saturated heterocycles. The smallest absolute Gasteiger partial charge is 0.339 e. The summed E-state index contributed by atoms with van der Waals surface area (Å²) in [7, 11) is 0. The zero-order valence-corrected chi connectivity index (χ0v) is 7.84. The van der Waals surface area contributed by atoms with E-state index in [9.17, 15) is 4.79 Å². The quantitative estimate of drug-likeness (QED) is 0.631. The predicted molar refractivity (Wildman–Crippen MR) is 47.1 cm³/mol. The number of ether oxygens (including phenoxy) is 1. The molecule has 0 bridgehead atoms. The molecule has 0 unspecified atom stereocenters. The van der Waals surface area contributed by atoms with Crippen LogP contribution in [-0.4, -0.2) is 31.9 Å². The molecule has 5 heteroatoms. The van der Waals surface area contributed by atoms with Crippen molar-refractivity contribution in [2.45, 2.75) is 25.8 Å². The van der Waals surface area contributed by atoms with Gasteiger partial charge in [0.25, 0.3) is 0 Å². The third kappa shape index (κ3) is 4.10. The van der Waals surface area contributed by atoms with Crippen LogP contribution in [0.3, 0.4) is 0 Å². The highest BCUT2D eigenvalue weighted by Crippen LogP contribution is 2.04. The number of amides is 2. The molecular formula is C8H16N2O3. The highest BCUT2D eigenvalue weighted by atomic mass is 16.7. The monoisotopic (exact) mass is 188 g/mol. The van der Waals surface area contributed by atoms with Crippen LogP contribution in [0.5, 0.6) is 0 Å². The molecule has 5 nitrogen and oxygen atoms in total. The largest absolute Gasteiger partial charge is 0.379 e. The normalized spacial score (nSPS) is 22.4. The minimum absolute atomic E-state index is 0.120. The van der Waals surface area contributed by atoms with Gasteiger partial charge in [-0.15, -0.1) is 0 Å². The van der Waals surface area contributed by atoms with E-state index >= 15 is 0 Å². The van der Waals surface area contributed by atoms with Crippen molar-refractivity contribution in [3.8, 4) is 0 Å². The second kappa shape index (κ2) is 5.77. The van der Waals surface area contributed by atoms with Crippen LogP contribution in [0, 0.1) is 0 Å². The fourth-order valence-electron chi connectivity index (χ4n) is 1.21. The number of rotatable bonds is 3. The Balaban J connectivity index is 2.11. The van der Waals surface area contributed by atoms with Crippen molar-refractivity contribution in [1.82, 2.24) is 10.8 Å². The fourth-order valence-corrected chi connectivity index (χ4v) is 1.21. The van der Waals surface area contributed by atoms with Crippen molar-refractivity contribution < 1.29 is 14.4 Å². The van der Waals surface area contributed by atoms with Crippen molar-refractivity contribution >= 4 is 6.03 Å². The van der Waals surface area contributed by atoms with Crippen LogP contribution in [0.1, 0.15) is 19.8 Å². The van der Waals surface area contributed by atoms with Gasteiger partial charge >= 0.3 is 6.03 Å². The maximum Gasteiger partial charge on any atom is 0.339 e. The molecule has 2 N–H and O–H groups in total. The average Bonchev–Trinajstić information content (AvgIpc) is 2.16. The van der Waals surface area contributed by atoms with Crippen molar-refractivity contribution in [3.63, 3.8) is 0 Å².